The van der Waals surface area contributed by atoms with Gasteiger partial charge in [-0.15, -0.1) is 0 Å². The van der Waals surface area contributed by atoms with E-state index in [1.165, 1.54) is 7.11 Å². The minimum Gasteiger partial charge on any atom is -0.367 e. The predicted molar refractivity (Wildman–Crippen MR) is 50.4 cm³/mol. The normalized spacial score (nSPS) is 12.5. The molecule has 1 unspecified atom stereocenters. The van der Waals surface area contributed by atoms with E-state index in [1.54, 1.807) is 24.3 Å². The molecule has 1 amide bonds. The van der Waals surface area contributed by atoms with Gasteiger partial charge in [-0.2, -0.15) is 0 Å². The number of primary amides is 1. The van der Waals surface area contributed by atoms with Crippen LogP contribution in [0.15, 0.2) is 24.3 Å². The number of halogens is 1. The Kier molecular flexibility index (Phi) is 3.28. The monoisotopic (exact) mass is 199 g/mol. The third-order valence-corrected chi connectivity index (χ3v) is 1.92. The predicted octanol–water partition coefficient (Wildman–Crippen LogP) is 1.51. The lowest BCUT2D eigenvalue weighted by Crippen LogP contribution is -2.22. The number of amides is 1. The molecule has 0 aliphatic heterocycles. The fourth-order valence-corrected chi connectivity index (χ4v) is 1.18. The Balaban J connectivity index is 2.92. The van der Waals surface area contributed by atoms with Crippen molar-refractivity contribution >= 4 is 17.5 Å². The summed E-state index contributed by atoms with van der Waals surface area (Å²) in [5, 5.41) is 0.614. The van der Waals surface area contributed by atoms with Gasteiger partial charge < -0.3 is 10.5 Å². The first-order valence-electron chi connectivity index (χ1n) is 3.72. The molecule has 3 nitrogen and oxygen atoms in total. The van der Waals surface area contributed by atoms with E-state index in [2.05, 4.69) is 0 Å². The molecule has 0 aromatic heterocycles. The van der Waals surface area contributed by atoms with Gasteiger partial charge in [-0.1, -0.05) is 23.7 Å². The number of rotatable bonds is 3. The van der Waals surface area contributed by atoms with Crippen molar-refractivity contribution < 1.29 is 9.53 Å². The highest BCUT2D eigenvalue weighted by Crippen LogP contribution is 2.18. The number of carbonyl (C=O) groups excluding carboxylic acids is 1. The summed E-state index contributed by atoms with van der Waals surface area (Å²) in [6.07, 6.45) is -0.697. The van der Waals surface area contributed by atoms with Gasteiger partial charge in [-0.3, -0.25) is 4.79 Å². The Bertz CT molecular complexity index is 297. The van der Waals surface area contributed by atoms with Crippen molar-refractivity contribution in [1.82, 2.24) is 0 Å². The minimum atomic E-state index is -0.697. The number of methoxy groups -OCH3 is 1. The van der Waals surface area contributed by atoms with Crippen LogP contribution < -0.4 is 5.73 Å². The molecule has 1 aromatic rings. The molecule has 1 rings (SSSR count). The van der Waals surface area contributed by atoms with Crippen molar-refractivity contribution in [3.63, 3.8) is 0 Å². The van der Waals surface area contributed by atoms with Crippen molar-refractivity contribution in [1.29, 1.82) is 0 Å². The van der Waals surface area contributed by atoms with Crippen LogP contribution in [0.5, 0.6) is 0 Å². The van der Waals surface area contributed by atoms with Crippen LogP contribution in [0.4, 0.5) is 0 Å². The van der Waals surface area contributed by atoms with E-state index in [9.17, 15) is 4.79 Å². The quantitative estimate of drug-likeness (QED) is 0.803. The molecular formula is C9H10ClNO2. The van der Waals surface area contributed by atoms with Crippen molar-refractivity contribution in [3.05, 3.63) is 34.9 Å². The summed E-state index contributed by atoms with van der Waals surface area (Å²) < 4.78 is 4.92. The highest BCUT2D eigenvalue weighted by Gasteiger charge is 2.15. The second kappa shape index (κ2) is 4.25. The molecule has 0 bridgehead atoms. The first-order valence-corrected chi connectivity index (χ1v) is 4.10. The number of nitrogens with two attached hydrogens (primary N) is 1. The van der Waals surface area contributed by atoms with Crippen LogP contribution >= 0.6 is 11.6 Å². The van der Waals surface area contributed by atoms with Gasteiger partial charge >= 0.3 is 0 Å². The van der Waals surface area contributed by atoms with Crippen LogP contribution in [0.2, 0.25) is 5.02 Å². The van der Waals surface area contributed by atoms with Crippen LogP contribution in [-0.4, -0.2) is 13.0 Å². The Morgan fingerprint density at radius 3 is 2.38 bits per heavy atom. The maximum atomic E-state index is 10.9. The van der Waals surface area contributed by atoms with Gasteiger partial charge in [-0.05, 0) is 17.7 Å². The second-order valence-electron chi connectivity index (χ2n) is 2.57. The molecule has 1 aromatic carbocycles. The summed E-state index contributed by atoms with van der Waals surface area (Å²) in [4.78, 5) is 10.9. The first kappa shape index (κ1) is 10.0. The number of hydrogen-bond donors (Lipinski definition) is 1. The number of hydrogen-bond acceptors (Lipinski definition) is 2. The summed E-state index contributed by atoms with van der Waals surface area (Å²) in [5.41, 5.74) is 5.83. The van der Waals surface area contributed by atoms with Crippen molar-refractivity contribution in [2.45, 2.75) is 6.10 Å². The van der Waals surface area contributed by atoms with E-state index in [-0.39, 0.29) is 0 Å². The molecule has 0 aliphatic carbocycles. The lowest BCUT2D eigenvalue weighted by atomic mass is 10.1. The van der Waals surface area contributed by atoms with E-state index in [0.717, 1.165) is 0 Å². The lowest BCUT2D eigenvalue weighted by molar-refractivity contribution is -0.128. The Hall–Kier alpha value is -1.06. The maximum absolute atomic E-state index is 10.9. The summed E-state index contributed by atoms with van der Waals surface area (Å²) in [6.45, 7) is 0. The highest BCUT2D eigenvalue weighted by atomic mass is 35.5. The Labute approximate surface area is 81.4 Å². The van der Waals surface area contributed by atoms with Gasteiger partial charge in [0.15, 0.2) is 6.10 Å². The molecule has 1 atom stereocenters. The standard InChI is InChI=1S/C9H10ClNO2/c1-13-8(9(11)12)6-2-4-7(10)5-3-6/h2-5,8H,1H3,(H2,11,12). The van der Waals surface area contributed by atoms with Crippen LogP contribution in [-0.2, 0) is 9.53 Å². The van der Waals surface area contributed by atoms with Gasteiger partial charge in [0.25, 0.3) is 5.91 Å². The highest BCUT2D eigenvalue weighted by molar-refractivity contribution is 6.30. The Morgan fingerprint density at radius 1 is 1.46 bits per heavy atom. The maximum Gasteiger partial charge on any atom is 0.251 e. The molecule has 70 valence electrons. The third kappa shape index (κ3) is 2.44. The molecule has 0 radical (unpaired) electrons. The van der Waals surface area contributed by atoms with E-state index < -0.39 is 12.0 Å². The second-order valence-corrected chi connectivity index (χ2v) is 3.01. The molecule has 4 heteroatoms. The van der Waals surface area contributed by atoms with Gasteiger partial charge in [0.1, 0.15) is 0 Å². The van der Waals surface area contributed by atoms with Gasteiger partial charge in [-0.25, -0.2) is 0 Å². The van der Waals surface area contributed by atoms with E-state index in [0.29, 0.717) is 10.6 Å². The summed E-state index contributed by atoms with van der Waals surface area (Å²) in [5.74, 6) is -0.509. The molecule has 13 heavy (non-hydrogen) atoms. The number of carbonyl (C=O) groups is 1. The summed E-state index contributed by atoms with van der Waals surface area (Å²) in [6, 6.07) is 6.79. The van der Waals surface area contributed by atoms with Crippen LogP contribution in [0.1, 0.15) is 11.7 Å². The zero-order valence-electron chi connectivity index (χ0n) is 7.16. The van der Waals surface area contributed by atoms with Gasteiger partial charge in [0, 0.05) is 12.1 Å². The number of benzene rings is 1. The lowest BCUT2D eigenvalue weighted by Gasteiger charge is -2.11. The fourth-order valence-electron chi connectivity index (χ4n) is 1.05. The first-order chi connectivity index (χ1) is 6.15. The average Bonchev–Trinajstić information content (AvgIpc) is 2.09. The molecule has 2 N–H and O–H groups in total. The van der Waals surface area contributed by atoms with E-state index in [1.807, 2.05) is 0 Å². The molecule has 0 fully saturated rings. The largest absolute Gasteiger partial charge is 0.367 e. The van der Waals surface area contributed by atoms with Gasteiger partial charge in [0.2, 0.25) is 0 Å². The van der Waals surface area contributed by atoms with Crippen LogP contribution in [0, 0.1) is 0 Å². The third-order valence-electron chi connectivity index (χ3n) is 1.67. The summed E-state index contributed by atoms with van der Waals surface area (Å²) >= 11 is 5.68. The van der Waals surface area contributed by atoms with Crippen molar-refractivity contribution in [2.24, 2.45) is 5.73 Å². The summed E-state index contributed by atoms with van der Waals surface area (Å²) in [7, 11) is 1.43. The zero-order valence-corrected chi connectivity index (χ0v) is 7.91. The van der Waals surface area contributed by atoms with Crippen molar-refractivity contribution in [3.8, 4) is 0 Å². The Morgan fingerprint density at radius 2 is 2.00 bits per heavy atom. The van der Waals surface area contributed by atoms with E-state index in [4.69, 9.17) is 22.1 Å². The number of ether oxygens (including phenoxy) is 1. The zero-order chi connectivity index (χ0) is 9.84. The molecular weight excluding hydrogens is 190 g/mol. The van der Waals surface area contributed by atoms with E-state index >= 15 is 0 Å². The minimum absolute atomic E-state index is 0.509. The van der Waals surface area contributed by atoms with Crippen molar-refractivity contribution in [2.75, 3.05) is 7.11 Å². The van der Waals surface area contributed by atoms with Gasteiger partial charge in [0.05, 0.1) is 0 Å². The van der Waals surface area contributed by atoms with Crippen LogP contribution in [0.25, 0.3) is 0 Å². The molecule has 0 saturated carbocycles. The smallest absolute Gasteiger partial charge is 0.251 e. The topological polar surface area (TPSA) is 52.3 Å². The fraction of sp³-hybridized carbons (Fsp3) is 0.222. The SMILES string of the molecule is COC(C(N)=O)c1ccc(Cl)cc1. The molecule has 0 aliphatic rings. The molecule has 0 heterocycles. The van der Waals surface area contributed by atoms with Crippen LogP contribution in [0.3, 0.4) is 0 Å². The average molecular weight is 200 g/mol. The molecule has 0 spiro atoms. The molecule has 0 saturated heterocycles.